The Balaban J connectivity index is 1.54. The molecule has 0 radical (unpaired) electrons. The fourth-order valence-electron chi connectivity index (χ4n) is 3.73. The van der Waals surface area contributed by atoms with Crippen molar-refractivity contribution in [2.24, 2.45) is 0 Å². The molecule has 0 aromatic carbocycles. The Morgan fingerprint density at radius 2 is 2.11 bits per heavy atom. The average Bonchev–Trinajstić information content (AvgIpc) is 3.34. The molecule has 0 saturated heterocycles. The lowest BCUT2D eigenvalue weighted by Crippen LogP contribution is -2.35. The van der Waals surface area contributed by atoms with E-state index in [1.807, 2.05) is 11.3 Å². The average molecular weight is 414 g/mol. The zero-order valence-electron chi connectivity index (χ0n) is 14.3. The van der Waals surface area contributed by atoms with E-state index in [0.29, 0.717) is 17.2 Å². The van der Waals surface area contributed by atoms with Crippen LogP contribution in [0.3, 0.4) is 0 Å². The van der Waals surface area contributed by atoms with Crippen LogP contribution in [0.4, 0.5) is 0 Å². The molecule has 5 rings (SSSR count). The van der Waals surface area contributed by atoms with Gasteiger partial charge in [-0.2, -0.15) is 0 Å². The maximum absolute atomic E-state index is 12.5. The van der Waals surface area contributed by atoms with E-state index in [9.17, 15) is 4.79 Å². The van der Waals surface area contributed by atoms with Crippen molar-refractivity contribution >= 4 is 39.9 Å². The highest BCUT2D eigenvalue weighted by atomic mass is 35.5. The standard InChI is InChI=1S/C20H16ClN3OS2/c21-13-3-4-18-22-14(10-19(25)24(18)11-13)12-23-7-5-16-15(6-9-27-16)20(23)17-2-1-8-26-17/h1-4,6,8-11,20H,5,7,12H2. The molecule has 4 aromatic rings. The minimum atomic E-state index is -0.0987. The first kappa shape index (κ1) is 17.1. The molecule has 0 saturated carbocycles. The molecule has 5 heterocycles. The molecule has 0 amide bonds. The number of pyridine rings is 1. The van der Waals surface area contributed by atoms with Crippen LogP contribution < -0.4 is 5.56 Å². The second-order valence-corrected chi connectivity index (χ2v) is 9.02. The Morgan fingerprint density at radius 3 is 2.96 bits per heavy atom. The SMILES string of the molecule is O=c1cc(CN2CCc3sccc3C2c2cccs2)nc2ccc(Cl)cn12. The lowest BCUT2D eigenvalue weighted by Gasteiger charge is -2.35. The van der Waals surface area contributed by atoms with E-state index in [1.54, 1.807) is 35.7 Å². The lowest BCUT2D eigenvalue weighted by molar-refractivity contribution is 0.206. The minimum Gasteiger partial charge on any atom is -0.285 e. The first-order chi connectivity index (χ1) is 13.2. The molecule has 27 heavy (non-hydrogen) atoms. The highest BCUT2D eigenvalue weighted by molar-refractivity contribution is 7.10. The fraction of sp³-hybridized carbons (Fsp3) is 0.200. The van der Waals surface area contributed by atoms with E-state index < -0.39 is 0 Å². The van der Waals surface area contributed by atoms with E-state index in [1.165, 1.54) is 19.7 Å². The molecule has 4 nitrogen and oxygen atoms in total. The number of thiophene rings is 2. The van der Waals surface area contributed by atoms with Gasteiger partial charge in [0.15, 0.2) is 0 Å². The summed E-state index contributed by atoms with van der Waals surface area (Å²) in [6.07, 6.45) is 2.65. The number of fused-ring (bicyclic) bond motifs is 2. The van der Waals surface area contributed by atoms with E-state index in [2.05, 4.69) is 33.9 Å². The van der Waals surface area contributed by atoms with Crippen LogP contribution in [-0.2, 0) is 13.0 Å². The minimum absolute atomic E-state index is 0.0987. The zero-order chi connectivity index (χ0) is 18.4. The maximum Gasteiger partial charge on any atom is 0.258 e. The van der Waals surface area contributed by atoms with Crippen molar-refractivity contribution in [2.75, 3.05) is 6.54 Å². The molecule has 136 valence electrons. The van der Waals surface area contributed by atoms with Gasteiger partial charge in [0.05, 0.1) is 16.8 Å². The Hall–Kier alpha value is -1.99. The molecule has 0 spiro atoms. The first-order valence-corrected chi connectivity index (χ1v) is 10.8. The van der Waals surface area contributed by atoms with Gasteiger partial charge in [-0.25, -0.2) is 4.98 Å². The number of aromatic nitrogens is 2. The molecule has 1 aliphatic rings. The summed E-state index contributed by atoms with van der Waals surface area (Å²) < 4.78 is 1.50. The van der Waals surface area contributed by atoms with Gasteiger partial charge in [0.25, 0.3) is 5.56 Å². The highest BCUT2D eigenvalue weighted by Gasteiger charge is 2.30. The summed E-state index contributed by atoms with van der Waals surface area (Å²) in [5.41, 5.74) is 2.71. The van der Waals surface area contributed by atoms with Gasteiger partial charge in [-0.1, -0.05) is 17.7 Å². The largest absolute Gasteiger partial charge is 0.285 e. The lowest BCUT2D eigenvalue weighted by atomic mass is 9.98. The Morgan fingerprint density at radius 1 is 1.19 bits per heavy atom. The quantitative estimate of drug-likeness (QED) is 0.492. The molecule has 0 N–H and O–H groups in total. The van der Waals surface area contributed by atoms with E-state index in [-0.39, 0.29) is 11.6 Å². The molecule has 0 bridgehead atoms. The van der Waals surface area contributed by atoms with Crippen molar-refractivity contribution in [3.05, 3.63) is 89.7 Å². The van der Waals surface area contributed by atoms with Gasteiger partial charge in [-0.15, -0.1) is 22.7 Å². The summed E-state index contributed by atoms with van der Waals surface area (Å²) in [5.74, 6) is 0. The molecule has 1 aliphatic heterocycles. The maximum atomic E-state index is 12.5. The highest BCUT2D eigenvalue weighted by Crippen LogP contribution is 2.39. The Kier molecular flexibility index (Phi) is 4.36. The molecule has 4 aromatic heterocycles. The molecule has 1 unspecified atom stereocenters. The van der Waals surface area contributed by atoms with Crippen LogP contribution in [0.1, 0.15) is 27.1 Å². The van der Waals surface area contributed by atoms with Gasteiger partial charge >= 0.3 is 0 Å². The summed E-state index contributed by atoms with van der Waals surface area (Å²) in [6.45, 7) is 1.60. The first-order valence-electron chi connectivity index (χ1n) is 8.70. The number of rotatable bonds is 3. The van der Waals surface area contributed by atoms with E-state index >= 15 is 0 Å². The number of nitrogens with zero attached hydrogens (tertiary/aromatic N) is 3. The van der Waals surface area contributed by atoms with Gasteiger partial charge in [-0.3, -0.25) is 14.1 Å². The smallest absolute Gasteiger partial charge is 0.258 e. The van der Waals surface area contributed by atoms with Gasteiger partial charge in [0.2, 0.25) is 0 Å². The molecular formula is C20H16ClN3OS2. The molecule has 0 fully saturated rings. The zero-order valence-corrected chi connectivity index (χ0v) is 16.7. The second kappa shape index (κ2) is 6.87. The summed E-state index contributed by atoms with van der Waals surface area (Å²) in [5, 5.41) is 4.83. The van der Waals surface area contributed by atoms with Gasteiger partial charge in [-0.05, 0) is 47.0 Å². The fourth-order valence-corrected chi connectivity index (χ4v) is 5.67. The second-order valence-electron chi connectivity index (χ2n) is 6.60. The van der Waals surface area contributed by atoms with Gasteiger partial charge < -0.3 is 0 Å². The summed E-state index contributed by atoms with van der Waals surface area (Å²) in [4.78, 5) is 22.4. The molecule has 7 heteroatoms. The van der Waals surface area contributed by atoms with E-state index in [0.717, 1.165) is 18.7 Å². The van der Waals surface area contributed by atoms with Crippen molar-refractivity contribution in [3.63, 3.8) is 0 Å². The van der Waals surface area contributed by atoms with Gasteiger partial charge in [0, 0.05) is 35.1 Å². The topological polar surface area (TPSA) is 37.6 Å². The van der Waals surface area contributed by atoms with E-state index in [4.69, 9.17) is 16.6 Å². The third kappa shape index (κ3) is 3.12. The van der Waals surface area contributed by atoms with Crippen molar-refractivity contribution < 1.29 is 0 Å². The van der Waals surface area contributed by atoms with Crippen LogP contribution in [0.25, 0.3) is 5.65 Å². The number of hydrogen-bond donors (Lipinski definition) is 0. The van der Waals surface area contributed by atoms with Crippen LogP contribution in [0, 0.1) is 0 Å². The van der Waals surface area contributed by atoms with Crippen LogP contribution >= 0.6 is 34.3 Å². The summed E-state index contributed by atoms with van der Waals surface area (Å²) >= 11 is 9.62. The third-order valence-corrected chi connectivity index (χ3v) is 7.06. The van der Waals surface area contributed by atoms with Crippen LogP contribution in [0.15, 0.2) is 58.1 Å². The van der Waals surface area contributed by atoms with Crippen molar-refractivity contribution in [1.82, 2.24) is 14.3 Å². The number of hydrogen-bond acceptors (Lipinski definition) is 5. The summed E-state index contributed by atoms with van der Waals surface area (Å²) in [6, 6.07) is 11.9. The van der Waals surface area contributed by atoms with Crippen molar-refractivity contribution in [1.29, 1.82) is 0 Å². The third-order valence-electron chi connectivity index (χ3n) is 4.92. The predicted molar refractivity (Wildman–Crippen MR) is 111 cm³/mol. The normalized spacial score (nSPS) is 17.3. The Labute approximate surface area is 169 Å². The predicted octanol–water partition coefficient (Wildman–Crippen LogP) is 4.62. The Bertz CT molecular complexity index is 1170. The molecule has 1 atom stereocenters. The number of halogens is 1. The molecular weight excluding hydrogens is 398 g/mol. The summed E-state index contributed by atoms with van der Waals surface area (Å²) in [7, 11) is 0. The molecule has 0 aliphatic carbocycles. The van der Waals surface area contributed by atoms with Crippen molar-refractivity contribution in [3.8, 4) is 0 Å². The monoisotopic (exact) mass is 413 g/mol. The van der Waals surface area contributed by atoms with Gasteiger partial charge in [0.1, 0.15) is 5.65 Å². The van der Waals surface area contributed by atoms with Crippen LogP contribution in [0.2, 0.25) is 5.02 Å². The van der Waals surface area contributed by atoms with Crippen LogP contribution in [-0.4, -0.2) is 20.8 Å². The van der Waals surface area contributed by atoms with Crippen molar-refractivity contribution in [2.45, 2.75) is 19.0 Å². The van der Waals surface area contributed by atoms with Crippen LogP contribution in [0.5, 0.6) is 0 Å².